The molecule has 1 fully saturated rings. The van der Waals surface area contributed by atoms with E-state index in [0.29, 0.717) is 12.5 Å². The van der Waals surface area contributed by atoms with Crippen LogP contribution in [0.2, 0.25) is 0 Å². The summed E-state index contributed by atoms with van der Waals surface area (Å²) in [5.41, 5.74) is 5.47. The molecule has 0 aromatic heterocycles. The molecule has 1 aliphatic rings. The van der Waals surface area contributed by atoms with Gasteiger partial charge in [-0.15, -0.1) is 0 Å². The van der Waals surface area contributed by atoms with Gasteiger partial charge in [-0.3, -0.25) is 4.79 Å². The molecule has 0 bridgehead atoms. The van der Waals surface area contributed by atoms with Crippen LogP contribution in [-0.2, 0) is 4.79 Å². The molecule has 0 atom stereocenters. The summed E-state index contributed by atoms with van der Waals surface area (Å²) in [5.74, 6) is 1.76. The predicted molar refractivity (Wildman–Crippen MR) is 80.8 cm³/mol. The highest BCUT2D eigenvalue weighted by Gasteiger charge is 2.33. The minimum absolute atomic E-state index is 0.164. The van der Waals surface area contributed by atoms with Gasteiger partial charge in [-0.2, -0.15) is 0 Å². The van der Waals surface area contributed by atoms with Gasteiger partial charge in [-0.1, -0.05) is 40.0 Å². The van der Waals surface area contributed by atoms with E-state index in [4.69, 9.17) is 5.73 Å². The van der Waals surface area contributed by atoms with Gasteiger partial charge >= 0.3 is 0 Å². The number of nitrogens with one attached hydrogen (secondary N) is 1. The Labute approximate surface area is 118 Å². The van der Waals surface area contributed by atoms with E-state index < -0.39 is 0 Å². The summed E-state index contributed by atoms with van der Waals surface area (Å²) in [4.78, 5) is 12.3. The van der Waals surface area contributed by atoms with E-state index in [2.05, 4.69) is 26.1 Å². The molecule has 1 rings (SSSR count). The average Bonchev–Trinajstić information content (AvgIpc) is 2.48. The normalized spacial score (nSPS) is 24.2. The first-order chi connectivity index (χ1) is 9.11. The van der Waals surface area contributed by atoms with E-state index in [9.17, 15) is 4.79 Å². The van der Waals surface area contributed by atoms with Crippen LogP contribution in [0.1, 0.15) is 65.7 Å². The van der Waals surface area contributed by atoms with Crippen LogP contribution < -0.4 is 11.1 Å². The Balaban J connectivity index is 2.38. The fourth-order valence-corrected chi connectivity index (χ4v) is 3.22. The minimum Gasteiger partial charge on any atom is -0.355 e. The van der Waals surface area contributed by atoms with Crippen LogP contribution in [0.15, 0.2) is 0 Å². The largest absolute Gasteiger partial charge is 0.355 e. The number of hydrogen-bond donors (Lipinski definition) is 2. The second kappa shape index (κ2) is 7.88. The Kier molecular flexibility index (Phi) is 6.84. The van der Waals surface area contributed by atoms with Gasteiger partial charge in [0.05, 0.1) is 5.41 Å². The predicted octanol–water partition coefficient (Wildman–Crippen LogP) is 3.08. The summed E-state index contributed by atoms with van der Waals surface area (Å²) in [6.45, 7) is 7.70. The van der Waals surface area contributed by atoms with Gasteiger partial charge in [0.15, 0.2) is 0 Å². The lowest BCUT2D eigenvalue weighted by molar-refractivity contribution is -0.131. The third-order valence-electron chi connectivity index (χ3n) is 5.32. The standard InChI is InChI=1S/C16H32N2O/c1-4-13-7-9-14(10-8-13)11-18-15(19)16(5-2,6-3)12-17/h13-14H,4-12,17H2,1-3H3,(H,18,19). The smallest absolute Gasteiger partial charge is 0.227 e. The lowest BCUT2D eigenvalue weighted by Crippen LogP contribution is -2.46. The summed E-state index contributed by atoms with van der Waals surface area (Å²) in [7, 11) is 0. The van der Waals surface area contributed by atoms with E-state index >= 15 is 0 Å². The number of rotatable bonds is 7. The molecular formula is C16H32N2O. The van der Waals surface area contributed by atoms with Gasteiger partial charge in [-0.05, 0) is 37.5 Å². The van der Waals surface area contributed by atoms with Gasteiger partial charge in [0.2, 0.25) is 5.91 Å². The van der Waals surface area contributed by atoms with Crippen molar-refractivity contribution >= 4 is 5.91 Å². The minimum atomic E-state index is -0.347. The van der Waals surface area contributed by atoms with Crippen molar-refractivity contribution in [2.24, 2.45) is 23.0 Å². The summed E-state index contributed by atoms with van der Waals surface area (Å²) < 4.78 is 0. The quantitative estimate of drug-likeness (QED) is 0.745. The zero-order valence-electron chi connectivity index (χ0n) is 13.0. The van der Waals surface area contributed by atoms with Gasteiger partial charge in [-0.25, -0.2) is 0 Å². The van der Waals surface area contributed by atoms with Crippen molar-refractivity contribution in [2.75, 3.05) is 13.1 Å². The highest BCUT2D eigenvalue weighted by molar-refractivity contribution is 5.82. The second-order valence-electron chi connectivity index (χ2n) is 6.20. The third-order valence-corrected chi connectivity index (χ3v) is 5.32. The van der Waals surface area contributed by atoms with Crippen LogP contribution >= 0.6 is 0 Å². The summed E-state index contributed by atoms with van der Waals surface area (Å²) in [6, 6.07) is 0. The van der Waals surface area contributed by atoms with Crippen molar-refractivity contribution in [3.05, 3.63) is 0 Å². The Bertz CT molecular complexity index is 258. The molecule has 112 valence electrons. The molecule has 0 heterocycles. The molecule has 0 saturated heterocycles. The van der Waals surface area contributed by atoms with Crippen molar-refractivity contribution < 1.29 is 4.79 Å². The molecule has 0 aromatic rings. The first kappa shape index (κ1) is 16.5. The van der Waals surface area contributed by atoms with Crippen LogP contribution in [0.25, 0.3) is 0 Å². The lowest BCUT2D eigenvalue weighted by Gasteiger charge is -2.31. The van der Waals surface area contributed by atoms with E-state index in [-0.39, 0.29) is 11.3 Å². The van der Waals surface area contributed by atoms with E-state index in [1.165, 1.54) is 32.1 Å². The lowest BCUT2D eigenvalue weighted by atomic mass is 9.79. The first-order valence-corrected chi connectivity index (χ1v) is 8.10. The average molecular weight is 268 g/mol. The second-order valence-corrected chi connectivity index (χ2v) is 6.20. The van der Waals surface area contributed by atoms with E-state index in [0.717, 1.165) is 25.3 Å². The Morgan fingerprint density at radius 2 is 1.63 bits per heavy atom. The molecular weight excluding hydrogens is 236 g/mol. The van der Waals surface area contributed by atoms with Crippen LogP contribution in [-0.4, -0.2) is 19.0 Å². The van der Waals surface area contributed by atoms with Crippen molar-refractivity contribution in [3.8, 4) is 0 Å². The summed E-state index contributed by atoms with van der Waals surface area (Å²) in [5, 5.41) is 3.16. The highest BCUT2D eigenvalue weighted by Crippen LogP contribution is 2.30. The molecule has 0 aromatic carbocycles. The van der Waals surface area contributed by atoms with E-state index in [1.54, 1.807) is 0 Å². The molecule has 1 saturated carbocycles. The topological polar surface area (TPSA) is 55.1 Å². The fraction of sp³-hybridized carbons (Fsp3) is 0.938. The molecule has 1 amide bonds. The first-order valence-electron chi connectivity index (χ1n) is 8.10. The molecule has 0 spiro atoms. The van der Waals surface area contributed by atoms with Crippen molar-refractivity contribution in [2.45, 2.75) is 65.7 Å². The number of hydrogen-bond acceptors (Lipinski definition) is 2. The van der Waals surface area contributed by atoms with Crippen molar-refractivity contribution in [1.29, 1.82) is 0 Å². The maximum absolute atomic E-state index is 12.3. The van der Waals surface area contributed by atoms with Crippen molar-refractivity contribution in [3.63, 3.8) is 0 Å². The number of amides is 1. The Hall–Kier alpha value is -0.570. The maximum atomic E-state index is 12.3. The summed E-state index contributed by atoms with van der Waals surface area (Å²) in [6.07, 6.45) is 8.17. The maximum Gasteiger partial charge on any atom is 0.227 e. The van der Waals surface area contributed by atoms with Crippen LogP contribution in [0.5, 0.6) is 0 Å². The van der Waals surface area contributed by atoms with E-state index in [1.807, 2.05) is 0 Å². The SMILES string of the molecule is CCC1CCC(CNC(=O)C(CC)(CC)CN)CC1. The molecule has 0 aliphatic heterocycles. The molecule has 3 N–H and O–H groups in total. The number of carbonyl (C=O) groups is 1. The van der Waals surface area contributed by atoms with Gasteiger partial charge in [0, 0.05) is 13.1 Å². The third kappa shape index (κ3) is 4.20. The number of carbonyl (C=O) groups excluding carboxylic acids is 1. The van der Waals surface area contributed by atoms with Gasteiger partial charge in [0.25, 0.3) is 0 Å². The Morgan fingerprint density at radius 1 is 1.11 bits per heavy atom. The molecule has 0 radical (unpaired) electrons. The molecule has 3 nitrogen and oxygen atoms in total. The van der Waals surface area contributed by atoms with Gasteiger partial charge < -0.3 is 11.1 Å². The zero-order chi connectivity index (χ0) is 14.3. The molecule has 0 unspecified atom stereocenters. The van der Waals surface area contributed by atoms with Crippen LogP contribution in [0, 0.1) is 17.3 Å². The molecule has 3 heteroatoms. The van der Waals surface area contributed by atoms with Gasteiger partial charge in [0.1, 0.15) is 0 Å². The van der Waals surface area contributed by atoms with Crippen LogP contribution in [0.4, 0.5) is 0 Å². The van der Waals surface area contributed by atoms with Crippen LogP contribution in [0.3, 0.4) is 0 Å². The monoisotopic (exact) mass is 268 g/mol. The Morgan fingerprint density at radius 3 is 2.05 bits per heavy atom. The van der Waals surface area contributed by atoms with Crippen molar-refractivity contribution in [1.82, 2.24) is 5.32 Å². The zero-order valence-corrected chi connectivity index (χ0v) is 13.0. The summed E-state index contributed by atoms with van der Waals surface area (Å²) >= 11 is 0. The highest BCUT2D eigenvalue weighted by atomic mass is 16.2. The molecule has 19 heavy (non-hydrogen) atoms. The molecule has 1 aliphatic carbocycles. The fourth-order valence-electron chi connectivity index (χ4n) is 3.22. The number of nitrogens with two attached hydrogens (primary N) is 1.